The van der Waals surface area contributed by atoms with Crippen molar-refractivity contribution in [2.24, 2.45) is 0 Å². The van der Waals surface area contributed by atoms with Crippen LogP contribution in [0.3, 0.4) is 0 Å². The molecule has 7 heteroatoms. The molecule has 0 spiro atoms. The predicted octanol–water partition coefficient (Wildman–Crippen LogP) is 3.53. The maximum Gasteiger partial charge on any atom is 0.411 e. The zero-order valence-electron chi connectivity index (χ0n) is 17.3. The number of hydrogen-bond acceptors (Lipinski definition) is 5. The summed E-state index contributed by atoms with van der Waals surface area (Å²) in [6.45, 7) is 2.70. The van der Waals surface area contributed by atoms with E-state index in [4.69, 9.17) is 9.47 Å². The standard InChI is InChI=1S/C23H28N2O5/c1-16(22(27)25-13-3-4-20(25)14-26)18-7-9-19(10-8-18)24-23(28)30-15-17-5-11-21(29-2)12-6-17/h5-12,16,20,26H,3-4,13-15H2,1-2H3,(H,24,28)/t16-,20+/m1/s1. The Labute approximate surface area is 176 Å². The van der Waals surface area contributed by atoms with E-state index in [1.165, 1.54) is 0 Å². The molecule has 2 amide bonds. The number of carbonyl (C=O) groups excluding carboxylic acids is 2. The molecule has 1 fully saturated rings. The Balaban J connectivity index is 1.51. The van der Waals surface area contributed by atoms with Crippen molar-refractivity contribution < 1.29 is 24.2 Å². The highest BCUT2D eigenvalue weighted by atomic mass is 16.5. The lowest BCUT2D eigenvalue weighted by molar-refractivity contribution is -0.134. The minimum absolute atomic E-state index is 0.0000445. The fraction of sp³-hybridized carbons (Fsp3) is 0.391. The van der Waals surface area contributed by atoms with E-state index in [0.29, 0.717) is 12.2 Å². The van der Waals surface area contributed by atoms with Crippen molar-refractivity contribution in [3.63, 3.8) is 0 Å². The molecule has 0 radical (unpaired) electrons. The summed E-state index contributed by atoms with van der Waals surface area (Å²) in [6, 6.07) is 14.4. The van der Waals surface area contributed by atoms with Crippen LogP contribution in [0.5, 0.6) is 5.75 Å². The number of rotatable bonds is 7. The number of aliphatic hydroxyl groups is 1. The van der Waals surface area contributed by atoms with Gasteiger partial charge in [0, 0.05) is 12.2 Å². The van der Waals surface area contributed by atoms with Gasteiger partial charge in [-0.2, -0.15) is 0 Å². The molecule has 30 heavy (non-hydrogen) atoms. The highest BCUT2D eigenvalue weighted by Crippen LogP contribution is 2.25. The van der Waals surface area contributed by atoms with Crippen molar-refractivity contribution in [1.82, 2.24) is 4.90 Å². The SMILES string of the molecule is COc1ccc(COC(=O)Nc2ccc([C@@H](C)C(=O)N3CCC[C@H]3CO)cc2)cc1. The van der Waals surface area contributed by atoms with E-state index in [-0.39, 0.29) is 31.1 Å². The van der Waals surface area contributed by atoms with Gasteiger partial charge in [0.1, 0.15) is 12.4 Å². The number of nitrogens with zero attached hydrogens (tertiary/aromatic N) is 1. The van der Waals surface area contributed by atoms with Gasteiger partial charge in [-0.1, -0.05) is 24.3 Å². The molecule has 1 aliphatic heterocycles. The third-order valence-corrected chi connectivity index (χ3v) is 5.43. The summed E-state index contributed by atoms with van der Waals surface area (Å²) in [5, 5.41) is 12.1. The van der Waals surface area contributed by atoms with Gasteiger partial charge >= 0.3 is 6.09 Å². The van der Waals surface area contributed by atoms with Crippen LogP contribution in [0.15, 0.2) is 48.5 Å². The van der Waals surface area contributed by atoms with Gasteiger partial charge in [0.25, 0.3) is 0 Å². The van der Waals surface area contributed by atoms with Crippen molar-refractivity contribution in [3.8, 4) is 5.75 Å². The fourth-order valence-corrected chi connectivity index (χ4v) is 3.59. The minimum atomic E-state index is -0.550. The van der Waals surface area contributed by atoms with Crippen LogP contribution in [0.4, 0.5) is 10.5 Å². The van der Waals surface area contributed by atoms with Crippen LogP contribution in [0.2, 0.25) is 0 Å². The van der Waals surface area contributed by atoms with Crippen molar-refractivity contribution in [1.29, 1.82) is 0 Å². The number of ether oxygens (including phenoxy) is 2. The normalized spacial score (nSPS) is 16.8. The van der Waals surface area contributed by atoms with E-state index in [9.17, 15) is 14.7 Å². The van der Waals surface area contributed by atoms with Crippen LogP contribution in [-0.4, -0.2) is 48.3 Å². The molecular formula is C23H28N2O5. The molecule has 2 aromatic rings. The highest BCUT2D eigenvalue weighted by molar-refractivity contribution is 5.86. The maximum atomic E-state index is 12.8. The molecule has 0 aliphatic carbocycles. The van der Waals surface area contributed by atoms with Gasteiger partial charge in [-0.25, -0.2) is 4.79 Å². The van der Waals surface area contributed by atoms with Crippen LogP contribution in [0.1, 0.15) is 36.8 Å². The van der Waals surface area contributed by atoms with E-state index >= 15 is 0 Å². The first-order valence-electron chi connectivity index (χ1n) is 10.1. The van der Waals surface area contributed by atoms with Crippen LogP contribution < -0.4 is 10.1 Å². The molecule has 1 aliphatic rings. The van der Waals surface area contributed by atoms with Crippen LogP contribution in [0.25, 0.3) is 0 Å². The zero-order valence-corrected chi connectivity index (χ0v) is 17.3. The summed E-state index contributed by atoms with van der Waals surface area (Å²) in [4.78, 5) is 26.6. The Hall–Kier alpha value is -3.06. The number of likely N-dealkylation sites (tertiary alicyclic amines) is 1. The zero-order chi connectivity index (χ0) is 21.5. The molecule has 1 heterocycles. The van der Waals surface area contributed by atoms with E-state index in [2.05, 4.69) is 5.32 Å². The van der Waals surface area contributed by atoms with Crippen LogP contribution >= 0.6 is 0 Å². The molecule has 1 saturated heterocycles. The number of nitrogens with one attached hydrogen (secondary N) is 1. The maximum absolute atomic E-state index is 12.8. The van der Waals surface area contributed by atoms with E-state index in [0.717, 1.165) is 29.7 Å². The minimum Gasteiger partial charge on any atom is -0.497 e. The summed E-state index contributed by atoms with van der Waals surface area (Å²) < 4.78 is 10.3. The van der Waals surface area contributed by atoms with E-state index < -0.39 is 6.09 Å². The fourth-order valence-electron chi connectivity index (χ4n) is 3.59. The molecule has 160 valence electrons. The third kappa shape index (κ3) is 5.30. The van der Waals surface area contributed by atoms with Crippen LogP contribution in [0, 0.1) is 0 Å². The molecule has 7 nitrogen and oxygen atoms in total. The lowest BCUT2D eigenvalue weighted by atomic mass is 9.99. The summed E-state index contributed by atoms with van der Waals surface area (Å²) in [5.74, 6) is 0.451. The second kappa shape index (κ2) is 10.1. The number of methoxy groups -OCH3 is 1. The smallest absolute Gasteiger partial charge is 0.411 e. The summed E-state index contributed by atoms with van der Waals surface area (Å²) >= 11 is 0. The molecule has 0 saturated carbocycles. The van der Waals surface area contributed by atoms with Crippen molar-refractivity contribution in [3.05, 3.63) is 59.7 Å². The van der Waals surface area contributed by atoms with Gasteiger partial charge in [-0.15, -0.1) is 0 Å². The lowest BCUT2D eigenvalue weighted by Gasteiger charge is -2.26. The van der Waals surface area contributed by atoms with Crippen molar-refractivity contribution in [2.75, 3.05) is 25.6 Å². The molecule has 2 atom stereocenters. The first-order chi connectivity index (χ1) is 14.5. The Kier molecular flexibility index (Phi) is 7.30. The molecule has 0 aromatic heterocycles. The Morgan fingerprint density at radius 3 is 2.50 bits per heavy atom. The number of benzene rings is 2. The molecule has 2 N–H and O–H groups in total. The van der Waals surface area contributed by atoms with Crippen LogP contribution in [-0.2, 0) is 16.1 Å². The summed E-state index contributed by atoms with van der Waals surface area (Å²) in [6.07, 6.45) is 1.22. The van der Waals surface area contributed by atoms with Gasteiger partial charge in [-0.05, 0) is 55.2 Å². The largest absolute Gasteiger partial charge is 0.497 e. The first kappa shape index (κ1) is 21.6. The molecule has 2 aromatic carbocycles. The van der Waals surface area contributed by atoms with Crippen molar-refractivity contribution in [2.45, 2.75) is 38.3 Å². The summed E-state index contributed by atoms with van der Waals surface area (Å²) in [5.41, 5.74) is 2.31. The number of amides is 2. The molecule has 3 rings (SSSR count). The number of anilines is 1. The first-order valence-corrected chi connectivity index (χ1v) is 10.1. The van der Waals surface area contributed by atoms with Gasteiger partial charge in [0.05, 0.1) is 25.7 Å². The lowest BCUT2D eigenvalue weighted by Crippen LogP contribution is -2.39. The Morgan fingerprint density at radius 2 is 1.87 bits per heavy atom. The van der Waals surface area contributed by atoms with Gasteiger partial charge in [-0.3, -0.25) is 10.1 Å². The molecular weight excluding hydrogens is 384 g/mol. The molecule has 0 bridgehead atoms. The number of aliphatic hydroxyl groups excluding tert-OH is 1. The quantitative estimate of drug-likeness (QED) is 0.726. The topological polar surface area (TPSA) is 88.1 Å². The average Bonchev–Trinajstić information content (AvgIpc) is 3.26. The molecule has 0 unspecified atom stereocenters. The van der Waals surface area contributed by atoms with Gasteiger partial charge in [0.15, 0.2) is 0 Å². The van der Waals surface area contributed by atoms with E-state index in [1.54, 1.807) is 24.1 Å². The number of carbonyl (C=O) groups is 2. The summed E-state index contributed by atoms with van der Waals surface area (Å²) in [7, 11) is 1.60. The second-order valence-corrected chi connectivity index (χ2v) is 7.40. The van der Waals surface area contributed by atoms with E-state index in [1.807, 2.05) is 43.3 Å². The monoisotopic (exact) mass is 412 g/mol. The Morgan fingerprint density at radius 1 is 1.17 bits per heavy atom. The van der Waals surface area contributed by atoms with Crippen molar-refractivity contribution >= 4 is 17.7 Å². The Bertz CT molecular complexity index is 851. The predicted molar refractivity (Wildman–Crippen MR) is 113 cm³/mol. The average molecular weight is 412 g/mol. The number of hydrogen-bond donors (Lipinski definition) is 2. The second-order valence-electron chi connectivity index (χ2n) is 7.40. The third-order valence-electron chi connectivity index (χ3n) is 5.43. The van der Waals surface area contributed by atoms with Gasteiger partial charge < -0.3 is 19.5 Å². The van der Waals surface area contributed by atoms with Gasteiger partial charge in [0.2, 0.25) is 5.91 Å². The highest BCUT2D eigenvalue weighted by Gasteiger charge is 2.31.